The van der Waals surface area contributed by atoms with E-state index in [0.717, 1.165) is 41.1 Å². The number of carbonyl (C=O) groups is 1. The van der Waals surface area contributed by atoms with Gasteiger partial charge in [-0.2, -0.15) is 0 Å². The second-order valence-electron chi connectivity index (χ2n) is 7.82. The van der Waals surface area contributed by atoms with E-state index in [1.54, 1.807) is 12.5 Å². The first-order chi connectivity index (χ1) is 15.0. The van der Waals surface area contributed by atoms with Crippen molar-refractivity contribution in [3.05, 3.63) is 77.4 Å². The van der Waals surface area contributed by atoms with E-state index in [-0.39, 0.29) is 6.03 Å². The van der Waals surface area contributed by atoms with E-state index in [0.29, 0.717) is 19.7 Å². The number of hydrogen-bond donors (Lipinski definition) is 1. The summed E-state index contributed by atoms with van der Waals surface area (Å²) in [7, 11) is 0. The van der Waals surface area contributed by atoms with E-state index in [4.69, 9.17) is 4.74 Å². The molecule has 0 fully saturated rings. The first-order valence-electron chi connectivity index (χ1n) is 10.8. The van der Waals surface area contributed by atoms with Crippen molar-refractivity contribution in [1.82, 2.24) is 14.5 Å². The molecule has 0 radical (unpaired) electrons. The summed E-state index contributed by atoms with van der Waals surface area (Å²) < 4.78 is 7.81. The highest BCUT2D eigenvalue weighted by atomic mass is 16.5. The molecule has 0 spiro atoms. The number of anilines is 1. The van der Waals surface area contributed by atoms with Crippen molar-refractivity contribution in [3.8, 4) is 5.75 Å². The van der Waals surface area contributed by atoms with E-state index in [2.05, 4.69) is 29.4 Å². The summed E-state index contributed by atoms with van der Waals surface area (Å²) in [4.78, 5) is 19.3. The Labute approximate surface area is 184 Å². The van der Waals surface area contributed by atoms with Crippen LogP contribution < -0.4 is 10.1 Å². The quantitative estimate of drug-likeness (QED) is 0.509. The Balaban J connectivity index is 1.78. The number of rotatable bonds is 9. The highest BCUT2D eigenvalue weighted by molar-refractivity contribution is 5.91. The molecule has 1 aromatic heterocycles. The third-order valence-electron chi connectivity index (χ3n) is 5.23. The first kappa shape index (κ1) is 22.4. The van der Waals surface area contributed by atoms with Gasteiger partial charge in [-0.05, 0) is 51.3 Å². The number of aromatic nitrogens is 2. The number of nitrogens with zero attached hydrogens (tertiary/aromatic N) is 3. The lowest BCUT2D eigenvalue weighted by Crippen LogP contribution is -2.36. The maximum absolute atomic E-state index is 13.3. The van der Waals surface area contributed by atoms with Crippen molar-refractivity contribution in [1.29, 1.82) is 0 Å². The number of aryl methyl sites for hydroxylation is 4. The predicted molar refractivity (Wildman–Crippen MR) is 125 cm³/mol. The standard InChI is InChI=1S/C25H32N4O2/c1-5-31-23-10-7-6-9-22(23)17-29(13-8-12-28-14-11-26-18-28)25(30)27-24-20(3)15-19(2)16-21(24)4/h6-7,9-11,14-16,18H,5,8,12-13,17H2,1-4H3,(H,27,30). The molecule has 6 nitrogen and oxygen atoms in total. The number of hydrogen-bond acceptors (Lipinski definition) is 3. The number of carbonyl (C=O) groups excluding carboxylic acids is 1. The molecular weight excluding hydrogens is 388 g/mol. The molecule has 0 saturated carbocycles. The SMILES string of the molecule is CCOc1ccccc1CN(CCCn1ccnc1)C(=O)Nc1c(C)cc(C)cc1C. The van der Waals surface area contributed by atoms with Crippen molar-refractivity contribution in [2.45, 2.75) is 47.2 Å². The van der Waals surface area contributed by atoms with Crippen LogP contribution in [0.5, 0.6) is 5.75 Å². The van der Waals surface area contributed by atoms with Crippen LogP contribution in [0.2, 0.25) is 0 Å². The van der Waals surface area contributed by atoms with E-state index < -0.39 is 0 Å². The van der Waals surface area contributed by atoms with Crippen LogP contribution in [0.3, 0.4) is 0 Å². The lowest BCUT2D eigenvalue weighted by Gasteiger charge is -2.25. The molecule has 6 heteroatoms. The Kier molecular flexibility index (Phi) is 7.70. The molecule has 31 heavy (non-hydrogen) atoms. The highest BCUT2D eigenvalue weighted by Gasteiger charge is 2.18. The summed E-state index contributed by atoms with van der Waals surface area (Å²) in [5.74, 6) is 0.820. The Morgan fingerprint density at radius 3 is 2.58 bits per heavy atom. The number of amides is 2. The van der Waals surface area contributed by atoms with Crippen molar-refractivity contribution >= 4 is 11.7 Å². The lowest BCUT2D eigenvalue weighted by atomic mass is 10.1. The van der Waals surface area contributed by atoms with Crippen molar-refractivity contribution in [2.24, 2.45) is 0 Å². The number of imidazole rings is 1. The minimum absolute atomic E-state index is 0.105. The Bertz CT molecular complexity index is 976. The van der Waals surface area contributed by atoms with Crippen molar-refractivity contribution < 1.29 is 9.53 Å². The number of urea groups is 1. The van der Waals surface area contributed by atoms with Gasteiger partial charge in [0.05, 0.1) is 19.5 Å². The van der Waals surface area contributed by atoms with Gasteiger partial charge in [-0.1, -0.05) is 35.9 Å². The average Bonchev–Trinajstić information content (AvgIpc) is 3.25. The summed E-state index contributed by atoms with van der Waals surface area (Å²) in [6.45, 7) is 10.6. The monoisotopic (exact) mass is 420 g/mol. The Morgan fingerprint density at radius 2 is 1.90 bits per heavy atom. The molecule has 1 N–H and O–H groups in total. The van der Waals surface area contributed by atoms with Crippen molar-refractivity contribution in [3.63, 3.8) is 0 Å². The molecule has 0 aliphatic heterocycles. The Morgan fingerprint density at radius 1 is 1.16 bits per heavy atom. The van der Waals surface area contributed by atoms with Crippen LogP contribution in [0, 0.1) is 20.8 Å². The minimum Gasteiger partial charge on any atom is -0.494 e. The summed E-state index contributed by atoms with van der Waals surface area (Å²) in [6, 6.07) is 12.0. The van der Waals surface area contributed by atoms with Gasteiger partial charge in [0.2, 0.25) is 0 Å². The summed E-state index contributed by atoms with van der Waals surface area (Å²) in [6.07, 6.45) is 6.33. The maximum Gasteiger partial charge on any atom is 0.322 e. The molecule has 2 aromatic carbocycles. The molecule has 0 unspecified atom stereocenters. The molecule has 3 aromatic rings. The predicted octanol–water partition coefficient (Wildman–Crippen LogP) is 5.33. The normalized spacial score (nSPS) is 10.7. The smallest absolute Gasteiger partial charge is 0.322 e. The van der Waals surface area contributed by atoms with E-state index in [9.17, 15) is 4.79 Å². The number of nitrogens with one attached hydrogen (secondary N) is 1. The van der Waals surface area contributed by atoms with Crippen LogP contribution in [0.1, 0.15) is 35.6 Å². The van der Waals surface area contributed by atoms with Gasteiger partial charge < -0.3 is 19.5 Å². The van der Waals surface area contributed by atoms with E-state index >= 15 is 0 Å². The average molecular weight is 421 g/mol. The van der Waals surface area contributed by atoms with Gasteiger partial charge in [0.15, 0.2) is 0 Å². The van der Waals surface area contributed by atoms with Crippen LogP contribution in [-0.2, 0) is 13.1 Å². The van der Waals surface area contributed by atoms with Crippen LogP contribution in [0.15, 0.2) is 55.1 Å². The molecule has 2 amide bonds. The van der Waals surface area contributed by atoms with Gasteiger partial charge in [0.1, 0.15) is 5.75 Å². The molecular formula is C25H32N4O2. The largest absolute Gasteiger partial charge is 0.494 e. The summed E-state index contributed by atoms with van der Waals surface area (Å²) in [5.41, 5.74) is 5.21. The van der Waals surface area contributed by atoms with E-state index in [1.807, 2.05) is 60.7 Å². The topological polar surface area (TPSA) is 59.4 Å². The molecule has 3 rings (SSSR count). The summed E-state index contributed by atoms with van der Waals surface area (Å²) >= 11 is 0. The molecule has 0 atom stereocenters. The van der Waals surface area contributed by atoms with E-state index in [1.165, 1.54) is 5.56 Å². The molecule has 0 aliphatic rings. The third kappa shape index (κ3) is 6.10. The fourth-order valence-corrected chi connectivity index (χ4v) is 3.82. The number of para-hydroxylation sites is 1. The van der Waals surface area contributed by atoms with Gasteiger partial charge in [-0.15, -0.1) is 0 Å². The van der Waals surface area contributed by atoms with Crippen molar-refractivity contribution in [2.75, 3.05) is 18.5 Å². The molecule has 0 saturated heterocycles. The second kappa shape index (κ2) is 10.7. The minimum atomic E-state index is -0.105. The highest BCUT2D eigenvalue weighted by Crippen LogP contribution is 2.24. The maximum atomic E-state index is 13.3. The zero-order valence-electron chi connectivity index (χ0n) is 18.9. The van der Waals surface area contributed by atoms with Gasteiger partial charge in [-0.25, -0.2) is 9.78 Å². The van der Waals surface area contributed by atoms with Crippen LogP contribution >= 0.6 is 0 Å². The number of benzene rings is 2. The lowest BCUT2D eigenvalue weighted by molar-refractivity contribution is 0.206. The molecule has 164 valence electrons. The van der Waals surface area contributed by atoms with Gasteiger partial charge in [-0.3, -0.25) is 0 Å². The fraction of sp³-hybridized carbons (Fsp3) is 0.360. The molecule has 0 bridgehead atoms. The third-order valence-corrected chi connectivity index (χ3v) is 5.23. The van der Waals surface area contributed by atoms with Crippen LogP contribution in [-0.4, -0.2) is 33.6 Å². The molecule has 1 heterocycles. The van der Waals surface area contributed by atoms with Gasteiger partial charge in [0.25, 0.3) is 0 Å². The Hall–Kier alpha value is -3.28. The summed E-state index contributed by atoms with van der Waals surface area (Å²) in [5, 5.41) is 3.15. The van der Waals surface area contributed by atoms with Gasteiger partial charge in [0, 0.05) is 36.7 Å². The fourth-order valence-electron chi connectivity index (χ4n) is 3.82. The van der Waals surface area contributed by atoms with Crippen LogP contribution in [0.4, 0.5) is 10.5 Å². The zero-order chi connectivity index (χ0) is 22.2. The zero-order valence-corrected chi connectivity index (χ0v) is 18.9. The molecule has 0 aliphatic carbocycles. The van der Waals surface area contributed by atoms with Gasteiger partial charge >= 0.3 is 6.03 Å². The second-order valence-corrected chi connectivity index (χ2v) is 7.82. The number of ether oxygens (including phenoxy) is 1. The van der Waals surface area contributed by atoms with Crippen LogP contribution in [0.25, 0.3) is 0 Å². The first-order valence-corrected chi connectivity index (χ1v) is 10.8.